The van der Waals surface area contributed by atoms with Crippen molar-refractivity contribution < 1.29 is 19.1 Å². The van der Waals surface area contributed by atoms with E-state index in [0.717, 1.165) is 5.56 Å². The van der Waals surface area contributed by atoms with Crippen molar-refractivity contribution in [3.63, 3.8) is 0 Å². The highest BCUT2D eigenvalue weighted by Crippen LogP contribution is 2.30. The lowest BCUT2D eigenvalue weighted by atomic mass is 9.95. The number of para-hydroxylation sites is 1. The Morgan fingerprint density at radius 3 is 2.58 bits per heavy atom. The number of benzene rings is 2. The van der Waals surface area contributed by atoms with Gasteiger partial charge in [-0.3, -0.25) is 14.4 Å². The zero-order valence-corrected chi connectivity index (χ0v) is 17.5. The fourth-order valence-corrected chi connectivity index (χ4v) is 3.98. The van der Waals surface area contributed by atoms with Crippen LogP contribution in [-0.2, 0) is 9.59 Å². The number of nitrogens with two attached hydrogens (primary N) is 1. The van der Waals surface area contributed by atoms with Gasteiger partial charge >= 0.3 is 0 Å². The lowest BCUT2D eigenvalue weighted by Crippen LogP contribution is -2.42. The fraction of sp³-hybridized carbons (Fsp3) is 0.261. The maximum atomic E-state index is 13.1. The third-order valence-corrected chi connectivity index (χ3v) is 5.80. The van der Waals surface area contributed by atoms with Crippen molar-refractivity contribution in [1.29, 1.82) is 0 Å². The predicted octanol–water partition coefficient (Wildman–Crippen LogP) is 3.09. The Kier molecular flexibility index (Phi) is 5.95. The SMILES string of the molecule is NC(=O)C1CCN(C(=O)c2ccccc2NC(=O)C2=Cc3cc(Cl)ccc3OC2)CC1. The largest absolute Gasteiger partial charge is 0.488 e. The van der Waals surface area contributed by atoms with Crippen LogP contribution >= 0.6 is 11.6 Å². The van der Waals surface area contributed by atoms with E-state index in [0.29, 0.717) is 53.5 Å². The number of ether oxygens (including phenoxy) is 1. The highest BCUT2D eigenvalue weighted by Gasteiger charge is 2.28. The number of piperidine rings is 1. The van der Waals surface area contributed by atoms with Crippen LogP contribution in [0, 0.1) is 5.92 Å². The van der Waals surface area contributed by atoms with Crippen LogP contribution in [0.4, 0.5) is 5.69 Å². The predicted molar refractivity (Wildman–Crippen MR) is 118 cm³/mol. The molecule has 3 amide bonds. The van der Waals surface area contributed by atoms with Crippen molar-refractivity contribution in [2.24, 2.45) is 11.7 Å². The van der Waals surface area contributed by atoms with Gasteiger partial charge in [-0.25, -0.2) is 0 Å². The standard InChI is InChI=1S/C23H22ClN3O4/c24-17-5-6-20-15(12-17)11-16(13-31-20)22(29)26-19-4-2-1-3-18(19)23(30)27-9-7-14(8-10-27)21(25)28/h1-6,11-12,14H,7-10,13H2,(H2,25,28)(H,26,29). The van der Waals surface area contributed by atoms with Gasteiger partial charge in [0.1, 0.15) is 12.4 Å². The van der Waals surface area contributed by atoms with Gasteiger partial charge in [-0.1, -0.05) is 23.7 Å². The van der Waals surface area contributed by atoms with Crippen LogP contribution in [0.15, 0.2) is 48.0 Å². The summed E-state index contributed by atoms with van der Waals surface area (Å²) in [5.41, 5.74) is 7.35. The number of carbonyl (C=O) groups is 3. The third-order valence-electron chi connectivity index (χ3n) is 5.57. The van der Waals surface area contributed by atoms with Crippen LogP contribution in [0.5, 0.6) is 5.75 Å². The molecule has 2 aliphatic rings. The molecule has 0 bridgehead atoms. The molecule has 0 spiro atoms. The molecule has 1 saturated heterocycles. The molecule has 4 rings (SSSR count). The lowest BCUT2D eigenvalue weighted by molar-refractivity contribution is -0.123. The molecular formula is C23H22ClN3O4. The van der Waals surface area contributed by atoms with Gasteiger partial charge < -0.3 is 20.7 Å². The number of primary amides is 1. The van der Waals surface area contributed by atoms with E-state index < -0.39 is 0 Å². The Hall–Kier alpha value is -3.32. The summed E-state index contributed by atoms with van der Waals surface area (Å²) in [5, 5.41) is 3.38. The van der Waals surface area contributed by atoms with Crippen molar-refractivity contribution in [3.05, 3.63) is 64.2 Å². The van der Waals surface area contributed by atoms with Crippen molar-refractivity contribution in [3.8, 4) is 5.75 Å². The second-order valence-corrected chi connectivity index (χ2v) is 8.05. The van der Waals surface area contributed by atoms with E-state index in [1.54, 1.807) is 53.4 Å². The summed E-state index contributed by atoms with van der Waals surface area (Å²) in [4.78, 5) is 39.0. The van der Waals surface area contributed by atoms with Crippen molar-refractivity contribution in [1.82, 2.24) is 4.90 Å². The Bertz CT molecular complexity index is 1070. The Balaban J connectivity index is 1.50. The van der Waals surface area contributed by atoms with Gasteiger partial charge in [0.15, 0.2) is 0 Å². The molecule has 1 fully saturated rings. The molecule has 2 aromatic carbocycles. The number of hydrogen-bond acceptors (Lipinski definition) is 4. The van der Waals surface area contributed by atoms with Crippen molar-refractivity contribution in [2.45, 2.75) is 12.8 Å². The average Bonchev–Trinajstić information content (AvgIpc) is 2.78. The number of fused-ring (bicyclic) bond motifs is 1. The normalized spacial score (nSPS) is 16.0. The first-order chi connectivity index (χ1) is 14.9. The van der Waals surface area contributed by atoms with Crippen molar-refractivity contribution >= 4 is 41.1 Å². The summed E-state index contributed by atoms with van der Waals surface area (Å²) < 4.78 is 5.65. The van der Waals surface area contributed by atoms with E-state index in [2.05, 4.69) is 5.32 Å². The van der Waals surface area contributed by atoms with E-state index >= 15 is 0 Å². The summed E-state index contributed by atoms with van der Waals surface area (Å²) in [6.45, 7) is 1.02. The first-order valence-electron chi connectivity index (χ1n) is 10.0. The molecule has 0 aliphatic carbocycles. The summed E-state index contributed by atoms with van der Waals surface area (Å²) in [6, 6.07) is 12.1. The molecule has 0 saturated carbocycles. The van der Waals surface area contributed by atoms with E-state index in [4.69, 9.17) is 22.1 Å². The molecular weight excluding hydrogens is 418 g/mol. The van der Waals surface area contributed by atoms with Gasteiger partial charge in [0.25, 0.3) is 11.8 Å². The van der Waals surface area contributed by atoms with Crippen LogP contribution in [0.2, 0.25) is 5.02 Å². The zero-order chi connectivity index (χ0) is 22.0. The lowest BCUT2D eigenvalue weighted by Gasteiger charge is -2.31. The molecule has 0 atom stereocenters. The first-order valence-corrected chi connectivity index (χ1v) is 10.4. The highest BCUT2D eigenvalue weighted by molar-refractivity contribution is 6.30. The molecule has 2 heterocycles. The molecule has 8 heteroatoms. The summed E-state index contributed by atoms with van der Waals surface area (Å²) in [6.07, 6.45) is 2.82. The number of amides is 3. The second-order valence-electron chi connectivity index (χ2n) is 7.61. The fourth-order valence-electron chi connectivity index (χ4n) is 3.80. The number of likely N-dealkylation sites (tertiary alicyclic amines) is 1. The minimum Gasteiger partial charge on any atom is -0.488 e. The Morgan fingerprint density at radius 2 is 1.84 bits per heavy atom. The topological polar surface area (TPSA) is 102 Å². The number of anilines is 1. The van der Waals surface area contributed by atoms with Crippen LogP contribution in [0.25, 0.3) is 6.08 Å². The monoisotopic (exact) mass is 439 g/mol. The molecule has 2 aliphatic heterocycles. The van der Waals surface area contributed by atoms with E-state index in [1.807, 2.05) is 0 Å². The van der Waals surface area contributed by atoms with E-state index in [9.17, 15) is 14.4 Å². The molecule has 7 nitrogen and oxygen atoms in total. The number of halogens is 1. The maximum absolute atomic E-state index is 13.1. The van der Waals surface area contributed by atoms with Gasteiger partial charge in [-0.2, -0.15) is 0 Å². The Morgan fingerprint density at radius 1 is 1.10 bits per heavy atom. The second kappa shape index (κ2) is 8.81. The van der Waals surface area contributed by atoms with Gasteiger partial charge in [0.2, 0.25) is 5.91 Å². The zero-order valence-electron chi connectivity index (χ0n) is 16.8. The van der Waals surface area contributed by atoms with Gasteiger partial charge in [-0.15, -0.1) is 0 Å². The Labute approximate surface area is 184 Å². The number of carbonyl (C=O) groups excluding carboxylic acids is 3. The van der Waals surface area contributed by atoms with Gasteiger partial charge in [-0.05, 0) is 49.2 Å². The smallest absolute Gasteiger partial charge is 0.255 e. The van der Waals surface area contributed by atoms with E-state index in [1.165, 1.54) is 0 Å². The van der Waals surface area contributed by atoms with Crippen LogP contribution in [-0.4, -0.2) is 42.3 Å². The molecule has 0 unspecified atom stereocenters. The molecule has 3 N–H and O–H groups in total. The van der Waals surface area contributed by atoms with Crippen LogP contribution < -0.4 is 15.8 Å². The number of hydrogen-bond donors (Lipinski definition) is 2. The van der Waals surface area contributed by atoms with Crippen LogP contribution in [0.1, 0.15) is 28.8 Å². The number of nitrogens with zero attached hydrogens (tertiary/aromatic N) is 1. The number of nitrogens with one attached hydrogen (secondary N) is 1. The summed E-state index contributed by atoms with van der Waals surface area (Å²) in [5.74, 6) is -0.404. The first kappa shape index (κ1) is 20.9. The third kappa shape index (κ3) is 4.56. The minimum absolute atomic E-state index is 0.122. The molecule has 2 aromatic rings. The summed E-state index contributed by atoms with van der Waals surface area (Å²) >= 11 is 6.04. The average molecular weight is 440 g/mol. The highest BCUT2D eigenvalue weighted by atomic mass is 35.5. The molecule has 0 aromatic heterocycles. The maximum Gasteiger partial charge on any atom is 0.255 e. The van der Waals surface area contributed by atoms with Gasteiger partial charge in [0.05, 0.1) is 16.8 Å². The van der Waals surface area contributed by atoms with Crippen molar-refractivity contribution in [2.75, 3.05) is 25.0 Å². The molecule has 0 radical (unpaired) electrons. The molecule has 31 heavy (non-hydrogen) atoms. The number of rotatable bonds is 4. The minimum atomic E-state index is -0.349. The van der Waals surface area contributed by atoms with E-state index in [-0.39, 0.29) is 30.2 Å². The van der Waals surface area contributed by atoms with Gasteiger partial charge in [0, 0.05) is 29.6 Å². The molecule has 160 valence electrons. The van der Waals surface area contributed by atoms with Crippen LogP contribution in [0.3, 0.4) is 0 Å². The summed E-state index contributed by atoms with van der Waals surface area (Å²) in [7, 11) is 0. The quantitative estimate of drug-likeness (QED) is 0.764.